The van der Waals surface area contributed by atoms with Gasteiger partial charge in [-0.05, 0) is 55.6 Å². The van der Waals surface area contributed by atoms with E-state index in [2.05, 4.69) is 22.8 Å². The van der Waals surface area contributed by atoms with Crippen LogP contribution in [0.25, 0.3) is 0 Å². The molecule has 1 aliphatic heterocycles. The number of carbonyl (C=O) groups is 2. The largest absolute Gasteiger partial charge is 0.497 e. The van der Waals surface area contributed by atoms with Gasteiger partial charge in [-0.1, -0.05) is 43.2 Å². The van der Waals surface area contributed by atoms with E-state index in [0.717, 1.165) is 31.2 Å². The van der Waals surface area contributed by atoms with Crippen LogP contribution in [0, 0.1) is 0 Å². The van der Waals surface area contributed by atoms with E-state index in [-0.39, 0.29) is 30.4 Å². The van der Waals surface area contributed by atoms with E-state index in [1.165, 1.54) is 0 Å². The maximum Gasteiger partial charge on any atom is 0.250 e. The Kier molecular flexibility index (Phi) is 7.24. The highest BCUT2D eigenvalue weighted by molar-refractivity contribution is 7.80. The SMILES string of the molecule is COc1ccc(NC(=O)C2(N(C(=O)CN3CC(c4ccccc4)NC3=S)C3CC3)CCCC2)c(OC)c1. The number of nitrogens with zero attached hydrogens (tertiary/aromatic N) is 2. The summed E-state index contributed by atoms with van der Waals surface area (Å²) in [6.07, 6.45) is 4.94. The third-order valence-electron chi connectivity index (χ3n) is 7.67. The standard InChI is InChI=1S/C28H34N4O4S/c1-35-21-12-13-22(24(16-21)36-2)29-26(34)28(14-6-7-15-28)32(20-10-11-20)25(33)18-31-17-23(30-27(31)37)19-8-4-3-5-9-19/h3-5,8-9,12-13,16,20,23H,6-7,10-11,14-15,17-18H2,1-2H3,(H,29,34)(H,30,37). The fourth-order valence-corrected chi connectivity index (χ4v) is 5.92. The molecule has 0 aromatic heterocycles. The first-order valence-corrected chi connectivity index (χ1v) is 13.3. The van der Waals surface area contributed by atoms with Crippen molar-refractivity contribution < 1.29 is 19.1 Å². The van der Waals surface area contributed by atoms with Crippen LogP contribution in [-0.4, -0.2) is 65.6 Å². The molecule has 0 spiro atoms. The molecule has 2 aromatic carbocycles. The van der Waals surface area contributed by atoms with Gasteiger partial charge >= 0.3 is 0 Å². The van der Waals surface area contributed by atoms with Gasteiger partial charge in [-0.3, -0.25) is 9.59 Å². The lowest BCUT2D eigenvalue weighted by Gasteiger charge is -2.41. The van der Waals surface area contributed by atoms with E-state index in [9.17, 15) is 9.59 Å². The molecular formula is C28H34N4O4S. The van der Waals surface area contributed by atoms with Crippen LogP contribution in [0.15, 0.2) is 48.5 Å². The summed E-state index contributed by atoms with van der Waals surface area (Å²) in [5.74, 6) is 0.965. The minimum Gasteiger partial charge on any atom is -0.497 e. The van der Waals surface area contributed by atoms with E-state index < -0.39 is 5.54 Å². The molecule has 9 heteroatoms. The molecule has 1 unspecified atom stereocenters. The zero-order chi connectivity index (χ0) is 26.0. The van der Waals surface area contributed by atoms with Crippen LogP contribution in [0.1, 0.15) is 50.1 Å². The second-order valence-electron chi connectivity index (χ2n) is 10.0. The van der Waals surface area contributed by atoms with Gasteiger partial charge in [-0.2, -0.15) is 0 Å². The van der Waals surface area contributed by atoms with Crippen molar-refractivity contribution in [2.45, 2.75) is 56.1 Å². The van der Waals surface area contributed by atoms with Gasteiger partial charge in [0.1, 0.15) is 17.0 Å². The van der Waals surface area contributed by atoms with Gasteiger partial charge in [0.15, 0.2) is 5.11 Å². The lowest BCUT2D eigenvalue weighted by Crippen LogP contribution is -2.60. The molecule has 3 fully saturated rings. The number of anilines is 1. The van der Waals surface area contributed by atoms with Crippen molar-refractivity contribution in [3.63, 3.8) is 0 Å². The normalized spacial score (nSPS) is 20.3. The average Bonchev–Trinajstić information content (AvgIpc) is 3.49. The number of benzene rings is 2. The second-order valence-corrected chi connectivity index (χ2v) is 10.4. The number of thiocarbonyl (C=S) groups is 1. The van der Waals surface area contributed by atoms with Crippen LogP contribution < -0.4 is 20.1 Å². The first-order valence-electron chi connectivity index (χ1n) is 12.9. The van der Waals surface area contributed by atoms with Gasteiger partial charge in [0, 0.05) is 18.7 Å². The number of rotatable bonds is 9. The summed E-state index contributed by atoms with van der Waals surface area (Å²) in [5, 5.41) is 7.00. The Morgan fingerprint density at radius 3 is 2.49 bits per heavy atom. The van der Waals surface area contributed by atoms with Crippen LogP contribution in [0.4, 0.5) is 5.69 Å². The van der Waals surface area contributed by atoms with Crippen molar-refractivity contribution in [1.82, 2.24) is 15.1 Å². The van der Waals surface area contributed by atoms with E-state index in [4.69, 9.17) is 21.7 Å². The molecule has 37 heavy (non-hydrogen) atoms. The quantitative estimate of drug-likeness (QED) is 0.484. The predicted octanol–water partition coefficient (Wildman–Crippen LogP) is 3.88. The number of nitrogens with one attached hydrogen (secondary N) is 2. The van der Waals surface area contributed by atoms with E-state index in [1.807, 2.05) is 28.0 Å². The molecule has 2 aliphatic carbocycles. The van der Waals surface area contributed by atoms with Crippen LogP contribution in [-0.2, 0) is 9.59 Å². The van der Waals surface area contributed by atoms with Crippen LogP contribution >= 0.6 is 12.2 Å². The smallest absolute Gasteiger partial charge is 0.250 e. The molecular weight excluding hydrogens is 488 g/mol. The van der Waals surface area contributed by atoms with Crippen LogP contribution in [0.2, 0.25) is 0 Å². The monoisotopic (exact) mass is 522 g/mol. The zero-order valence-corrected chi connectivity index (χ0v) is 22.2. The Balaban J connectivity index is 1.35. The molecule has 0 bridgehead atoms. The summed E-state index contributed by atoms with van der Waals surface area (Å²) in [6.45, 7) is 0.780. The van der Waals surface area contributed by atoms with Gasteiger partial charge in [0.05, 0.1) is 32.5 Å². The summed E-state index contributed by atoms with van der Waals surface area (Å²) >= 11 is 5.59. The number of ether oxygens (including phenoxy) is 2. The van der Waals surface area contributed by atoms with Crippen molar-refractivity contribution in [3.8, 4) is 11.5 Å². The predicted molar refractivity (Wildman–Crippen MR) is 146 cm³/mol. The highest BCUT2D eigenvalue weighted by Crippen LogP contribution is 2.44. The zero-order valence-electron chi connectivity index (χ0n) is 21.4. The topological polar surface area (TPSA) is 83.1 Å². The third-order valence-corrected chi connectivity index (χ3v) is 8.04. The molecule has 1 saturated heterocycles. The van der Waals surface area contributed by atoms with Gasteiger partial charge in [0.2, 0.25) is 11.8 Å². The molecule has 196 valence electrons. The van der Waals surface area contributed by atoms with E-state index >= 15 is 0 Å². The fraction of sp³-hybridized carbons (Fsp3) is 0.464. The summed E-state index contributed by atoms with van der Waals surface area (Å²) in [5.41, 5.74) is 0.828. The van der Waals surface area contributed by atoms with Gasteiger partial charge in [0.25, 0.3) is 0 Å². The highest BCUT2D eigenvalue weighted by atomic mass is 32.1. The summed E-state index contributed by atoms with van der Waals surface area (Å²) in [7, 11) is 3.15. The lowest BCUT2D eigenvalue weighted by atomic mass is 9.92. The van der Waals surface area contributed by atoms with Crippen molar-refractivity contribution in [2.75, 3.05) is 32.6 Å². The molecule has 2 amide bonds. The first kappa shape index (κ1) is 25.3. The van der Waals surface area contributed by atoms with Gasteiger partial charge < -0.3 is 29.9 Å². The fourth-order valence-electron chi connectivity index (χ4n) is 5.64. The molecule has 1 atom stereocenters. The Morgan fingerprint density at radius 1 is 1.11 bits per heavy atom. The molecule has 1 heterocycles. The maximum absolute atomic E-state index is 13.9. The molecule has 8 nitrogen and oxygen atoms in total. The number of hydrogen-bond donors (Lipinski definition) is 2. The minimum atomic E-state index is -0.878. The number of methoxy groups -OCH3 is 2. The second kappa shape index (κ2) is 10.6. The third kappa shape index (κ3) is 5.09. The molecule has 0 radical (unpaired) electrons. The van der Waals surface area contributed by atoms with Crippen molar-refractivity contribution in [2.24, 2.45) is 0 Å². The Hall–Kier alpha value is -3.33. The number of carbonyl (C=O) groups excluding carboxylic acids is 2. The van der Waals surface area contributed by atoms with Crippen LogP contribution in [0.3, 0.4) is 0 Å². The molecule has 2 aromatic rings. The Morgan fingerprint density at radius 2 is 1.84 bits per heavy atom. The minimum absolute atomic E-state index is 0.0425. The number of amides is 2. The Labute approximate surface area is 223 Å². The van der Waals surface area contributed by atoms with Crippen molar-refractivity contribution >= 4 is 34.8 Å². The first-order chi connectivity index (χ1) is 17.9. The summed E-state index contributed by atoms with van der Waals surface area (Å²) in [4.78, 5) is 31.7. The molecule has 2 saturated carbocycles. The lowest BCUT2D eigenvalue weighted by molar-refractivity contribution is -0.146. The highest BCUT2D eigenvalue weighted by Gasteiger charge is 2.53. The van der Waals surface area contributed by atoms with Crippen molar-refractivity contribution in [1.29, 1.82) is 0 Å². The summed E-state index contributed by atoms with van der Waals surface area (Å²) < 4.78 is 10.8. The van der Waals surface area contributed by atoms with E-state index in [0.29, 0.717) is 41.7 Å². The Bertz CT molecular complexity index is 1160. The maximum atomic E-state index is 13.9. The van der Waals surface area contributed by atoms with Gasteiger partial charge in [-0.15, -0.1) is 0 Å². The van der Waals surface area contributed by atoms with E-state index in [1.54, 1.807) is 32.4 Å². The van der Waals surface area contributed by atoms with Crippen LogP contribution in [0.5, 0.6) is 11.5 Å². The molecule has 2 N–H and O–H groups in total. The molecule has 3 aliphatic rings. The number of hydrogen-bond acceptors (Lipinski definition) is 5. The van der Waals surface area contributed by atoms with Gasteiger partial charge in [-0.25, -0.2) is 0 Å². The summed E-state index contributed by atoms with van der Waals surface area (Å²) in [6, 6.07) is 15.6. The molecule has 5 rings (SSSR count). The van der Waals surface area contributed by atoms with Crippen molar-refractivity contribution in [3.05, 3.63) is 54.1 Å². The average molecular weight is 523 g/mol.